The average Bonchev–Trinajstić information content (AvgIpc) is 1.55. The first-order chi connectivity index (χ1) is 69.3. The first kappa shape index (κ1) is 95.5. The predicted octanol–water partition coefficient (Wildman–Crippen LogP) is 5.41. The summed E-state index contributed by atoms with van der Waals surface area (Å²) in [6.07, 6.45) is 5.98. The number of fused-ring (bicyclic) bond motifs is 21. The number of esters is 20. The molecule has 8 aromatic rings. The summed E-state index contributed by atoms with van der Waals surface area (Å²) in [5, 5.41) is 13.0. The molecule has 4 N–H and O–H groups in total. The number of anilines is 4. The zero-order valence-electron chi connectivity index (χ0n) is 75.1. The number of cyclic esters (lactones) is 20. The lowest BCUT2D eigenvalue weighted by atomic mass is 9.75. The molecule has 0 radical (unpaired) electrons. The third-order valence-corrected chi connectivity index (χ3v) is 30.3. The minimum atomic E-state index is -0.737. The Kier molecular flexibility index (Phi) is 24.6. The number of hydrogen-bond donors (Lipinski definition) is 4. The molecule has 4 bridgehead atoms. The molecular weight excluding hydrogens is 1910 g/mol. The van der Waals surface area contributed by atoms with Crippen molar-refractivity contribution in [2.24, 2.45) is 130 Å². The number of carbonyl (C=O) groups excluding carboxylic acids is 24. The van der Waals surface area contributed by atoms with Crippen molar-refractivity contribution in [3.63, 3.8) is 0 Å². The van der Waals surface area contributed by atoms with Gasteiger partial charge in [-0.3, -0.25) is 95.9 Å². The van der Waals surface area contributed by atoms with E-state index in [1.54, 1.807) is 48.5 Å². The SMILES string of the molecule is O=C(Nc1ccc(NC(=O)C2CCC3C(=O)OC(=O)C3C2)cc1)C1CCC2C(=O)OC(=O)C2C1.O=C(Nc1cccc(NC(=O)C2CCC3C(=O)OC(=O)C3C2)c1)C1CCC2C(=O)OC(=O)C2C1.O=C1CC2C(CC3C(=O)OC(=O)C32)C(=O)O1.O=C1OC(=O)C2CC1C1C3CC(C(=O)OC3=O)C21.O=C1OC(=O)c2cc(Oc3ccc4c(c3)C(=O)OC4=O)ccc21.O=c1oc(=O)c2cc3cc4c(=O)oc(=O)c4cc3cc12. The lowest BCUT2D eigenvalue weighted by Gasteiger charge is -2.27. The van der Waals surface area contributed by atoms with Crippen LogP contribution in [0.25, 0.3) is 32.3 Å². The Labute approximate surface area is 809 Å². The van der Waals surface area contributed by atoms with Crippen molar-refractivity contribution in [3.8, 4) is 11.5 Å². The Hall–Kier alpha value is -17.1. The fourth-order valence-corrected chi connectivity index (χ4v) is 23.2. The van der Waals surface area contributed by atoms with Gasteiger partial charge in [0.2, 0.25) is 23.6 Å². The van der Waals surface area contributed by atoms with Crippen LogP contribution < -0.4 is 48.5 Å². The number of carbonyl (C=O) groups is 24. The van der Waals surface area contributed by atoms with Crippen LogP contribution in [0.5, 0.6) is 11.5 Å². The minimum absolute atomic E-state index is 0.0138. The van der Waals surface area contributed by atoms with Gasteiger partial charge in [0.15, 0.2) is 0 Å². The number of amides is 4. The molecule has 145 heavy (non-hydrogen) atoms. The van der Waals surface area contributed by atoms with Gasteiger partial charge in [-0.05, 0) is 228 Å². The van der Waals surface area contributed by atoms with Crippen LogP contribution in [0.15, 0.2) is 137 Å². The molecule has 20 atom stereocenters. The van der Waals surface area contributed by atoms with Crippen molar-refractivity contribution >= 4 is 198 Å². The highest BCUT2D eigenvalue weighted by Gasteiger charge is 2.68. The maximum Gasteiger partial charge on any atom is 0.347 e. The molecule has 45 nitrogen and oxygen atoms in total. The van der Waals surface area contributed by atoms with Crippen LogP contribution in [0.3, 0.4) is 0 Å². The standard InChI is InChI=1S/2C24H24N2O8.C16H6O7.C14H4O6.C12H10O6.C10H8O6/c27-19(11-1-7-15-17(9-11)23(31)33-21(15)29)25-13-3-5-14(6-4-13)26-20(28)12-2-8-16-18(10-12)24(32)34-22(16)30;27-19(11-4-6-15-17(8-11)23(31)33-21(15)29)25-13-2-1-3-14(10-13)26-20(28)12-5-7-16-18(9-12)24(32)34-22(16)30;17-13-9-3-1-7(5-11(9)15(19)22-13)21-8-2-4-10-12(6-8)16(20)23-14(10)18;15-11-7-1-5-2-9-10(14(18)20-13(9)17)4-6(5)3-8(7)12(16)19-11;13-9-3-1-4(10(14)17-9)8-6-2-5(7(3)8)11(15)18-12(6)16;11-6-2-3-4(8(12)15-6)1-5-7(3)10(14)16-9(5)13/h3-6,11-12,15-18H,1-2,7-10H2,(H,25,27)(H,26,28);1-3,10-12,15-18H,4-9H2,(H,25,27)(H,26,28);1-6H;1-4H;3-8H,1-2H2;3-5,7H,1-2H2. The van der Waals surface area contributed by atoms with E-state index >= 15 is 0 Å². The molecule has 45 heteroatoms. The smallest absolute Gasteiger partial charge is 0.347 e. The van der Waals surface area contributed by atoms with Crippen molar-refractivity contribution < 1.29 is 176 Å². The van der Waals surface area contributed by atoms with Gasteiger partial charge in [-0.1, -0.05) is 6.07 Å². The maximum absolute atomic E-state index is 12.8. The highest BCUT2D eigenvalue weighted by Crippen LogP contribution is 2.61. The number of nitrogens with one attached hydrogen (secondary N) is 4. The van der Waals surface area contributed by atoms with Crippen LogP contribution in [0, 0.1) is 130 Å². The minimum Gasteiger partial charge on any atom is -0.457 e. The highest BCUT2D eigenvalue weighted by atomic mass is 16.6. The van der Waals surface area contributed by atoms with E-state index in [9.17, 15) is 134 Å². The number of rotatable bonds is 10. The maximum atomic E-state index is 12.8. The van der Waals surface area contributed by atoms with Crippen LogP contribution in [0.4, 0.5) is 22.7 Å². The lowest BCUT2D eigenvalue weighted by Crippen LogP contribution is -2.38. The number of hydrogen-bond acceptors (Lipinski definition) is 41. The topological polar surface area (TPSA) is 654 Å². The molecule has 8 saturated heterocycles. The van der Waals surface area contributed by atoms with E-state index in [1.165, 1.54) is 60.7 Å². The van der Waals surface area contributed by atoms with E-state index in [2.05, 4.69) is 49.0 Å². The van der Waals surface area contributed by atoms with Gasteiger partial charge in [-0.15, -0.1) is 0 Å². The zero-order valence-corrected chi connectivity index (χ0v) is 75.1. The van der Waals surface area contributed by atoms with Gasteiger partial charge in [0.05, 0.1) is 139 Å². The summed E-state index contributed by atoms with van der Waals surface area (Å²) in [4.78, 5) is 329. The third-order valence-electron chi connectivity index (χ3n) is 30.3. The molecule has 25 rings (SSSR count). The van der Waals surface area contributed by atoms with Crippen molar-refractivity contribution in [3.05, 3.63) is 173 Å². The van der Waals surface area contributed by atoms with E-state index in [4.69, 9.17) is 33.2 Å². The summed E-state index contributed by atoms with van der Waals surface area (Å²) < 4.78 is 60.8. The molecule has 12 heterocycles. The molecule has 20 unspecified atom stereocenters. The third kappa shape index (κ3) is 17.9. The first-order valence-corrected chi connectivity index (χ1v) is 46.4. The summed E-state index contributed by atoms with van der Waals surface area (Å²) in [5.41, 5.74) is -0.227. The summed E-state index contributed by atoms with van der Waals surface area (Å²) >= 11 is 0. The fraction of sp³-hybridized carbons (Fsp3) is 0.380. The normalized spacial score (nSPS) is 29.8. The molecule has 2 aromatic heterocycles. The Morgan fingerprint density at radius 1 is 0.248 bits per heavy atom. The Morgan fingerprint density at radius 2 is 0.531 bits per heavy atom. The second-order valence-corrected chi connectivity index (χ2v) is 38.2. The zero-order chi connectivity index (χ0) is 102. The Balaban J connectivity index is 0.000000108. The monoisotopic (exact) mass is 1990 g/mol. The van der Waals surface area contributed by atoms with Gasteiger partial charge in [-0.25, -0.2) is 38.4 Å². The molecule has 6 aromatic carbocycles. The van der Waals surface area contributed by atoms with E-state index < -0.39 is 248 Å². The summed E-state index contributed by atoms with van der Waals surface area (Å²) in [7, 11) is 0. The molecule has 15 fully saturated rings. The second-order valence-electron chi connectivity index (χ2n) is 38.2. The largest absolute Gasteiger partial charge is 0.457 e. The van der Waals surface area contributed by atoms with Crippen molar-refractivity contribution in [1.82, 2.24) is 0 Å². The van der Waals surface area contributed by atoms with Crippen molar-refractivity contribution in [1.29, 1.82) is 0 Å². The molecule has 742 valence electrons. The molecule has 4 amide bonds. The van der Waals surface area contributed by atoms with Crippen LogP contribution in [0.2, 0.25) is 0 Å². The van der Waals surface area contributed by atoms with Gasteiger partial charge < -0.3 is 82.2 Å². The Morgan fingerprint density at radius 3 is 0.869 bits per heavy atom. The Bertz CT molecular complexity index is 6910. The molecule has 10 aliphatic heterocycles. The predicted molar refractivity (Wildman–Crippen MR) is 470 cm³/mol. The summed E-state index contributed by atoms with van der Waals surface area (Å²) in [5.74, 6) is -22.0. The summed E-state index contributed by atoms with van der Waals surface area (Å²) in [6, 6.07) is 27.8. The van der Waals surface area contributed by atoms with E-state index in [-0.39, 0.29) is 141 Å². The highest BCUT2D eigenvalue weighted by molar-refractivity contribution is 6.16. The fourth-order valence-electron chi connectivity index (χ4n) is 23.2. The lowest BCUT2D eigenvalue weighted by molar-refractivity contribution is -0.175. The van der Waals surface area contributed by atoms with Gasteiger partial charge in [0, 0.05) is 46.4 Å². The molecule has 0 spiro atoms. The first-order valence-electron chi connectivity index (χ1n) is 46.4. The average molecular weight is 1990 g/mol. The van der Waals surface area contributed by atoms with E-state index in [0.717, 1.165) is 0 Å². The number of furan rings is 2. The quantitative estimate of drug-likeness (QED) is 0.0575. The molecule has 17 aliphatic rings. The molecular formula is C100H76N4O41. The van der Waals surface area contributed by atoms with Crippen LogP contribution in [-0.4, -0.2) is 143 Å². The number of benzene rings is 6. The summed E-state index contributed by atoms with van der Waals surface area (Å²) in [6.45, 7) is 0. The van der Waals surface area contributed by atoms with E-state index in [0.29, 0.717) is 97.7 Å². The van der Waals surface area contributed by atoms with Gasteiger partial charge >= 0.3 is 142 Å². The van der Waals surface area contributed by atoms with Crippen LogP contribution in [-0.2, 0) is 143 Å². The van der Waals surface area contributed by atoms with Crippen LogP contribution in [0.1, 0.15) is 144 Å². The van der Waals surface area contributed by atoms with Gasteiger partial charge in [0.1, 0.15) is 11.5 Å². The molecule has 7 saturated carbocycles. The molecule has 7 aliphatic carbocycles. The second kappa shape index (κ2) is 37.4. The van der Waals surface area contributed by atoms with Gasteiger partial charge in [0.25, 0.3) is 0 Å². The van der Waals surface area contributed by atoms with E-state index in [1.807, 2.05) is 0 Å². The van der Waals surface area contributed by atoms with Crippen molar-refractivity contribution in [2.75, 3.05) is 21.3 Å². The van der Waals surface area contributed by atoms with Crippen molar-refractivity contribution in [2.45, 2.75) is 103 Å². The number of ether oxygens (including phenoxy) is 11. The van der Waals surface area contributed by atoms with Gasteiger partial charge in [-0.2, -0.15) is 0 Å². The van der Waals surface area contributed by atoms with Crippen LogP contribution >= 0.6 is 0 Å².